The molecule has 2 N–H and O–H groups in total. The topological polar surface area (TPSA) is 49.7 Å². The Balaban J connectivity index is 2.41. The number of phenols is 2. The van der Waals surface area contributed by atoms with Crippen molar-refractivity contribution in [2.75, 3.05) is 0 Å². The molecule has 3 nitrogen and oxygen atoms in total. The smallest absolute Gasteiger partial charge is 0.200 e. The molecular formula is C23H40O3. The summed E-state index contributed by atoms with van der Waals surface area (Å²) in [7, 11) is 0. The first kappa shape index (κ1) is 22.7. The number of ether oxygens (including phenoxy) is 1. The molecule has 1 aromatic rings. The van der Waals surface area contributed by atoms with Gasteiger partial charge in [0, 0.05) is 0 Å². The molecule has 150 valence electrons. The number of unbranched alkanes of at least 4 members (excludes halogenated alkanes) is 10. The van der Waals surface area contributed by atoms with E-state index in [1.807, 2.05) is 0 Å². The highest BCUT2D eigenvalue weighted by Gasteiger charge is 2.14. The molecule has 0 bridgehead atoms. The summed E-state index contributed by atoms with van der Waals surface area (Å²) in [6.45, 7) is 4.48. The van der Waals surface area contributed by atoms with Crippen LogP contribution in [0.15, 0.2) is 18.2 Å². The lowest BCUT2D eigenvalue weighted by Gasteiger charge is -2.20. The van der Waals surface area contributed by atoms with Gasteiger partial charge in [-0.2, -0.15) is 0 Å². The normalized spacial score (nSPS) is 12.2. The molecule has 0 spiro atoms. The van der Waals surface area contributed by atoms with E-state index in [0.29, 0.717) is 5.75 Å². The molecule has 1 aromatic carbocycles. The third kappa shape index (κ3) is 9.94. The van der Waals surface area contributed by atoms with Crippen LogP contribution in [0.25, 0.3) is 0 Å². The highest BCUT2D eigenvalue weighted by Crippen LogP contribution is 2.36. The molecule has 0 saturated carbocycles. The summed E-state index contributed by atoms with van der Waals surface area (Å²) in [5.41, 5.74) is 0. The van der Waals surface area contributed by atoms with Crippen LogP contribution in [0.5, 0.6) is 17.2 Å². The van der Waals surface area contributed by atoms with E-state index >= 15 is 0 Å². The Hall–Kier alpha value is -1.38. The van der Waals surface area contributed by atoms with Crippen LogP contribution in [0.4, 0.5) is 0 Å². The first-order valence-electron chi connectivity index (χ1n) is 10.9. The number of phenolic OH excluding ortho intramolecular Hbond substituents is 2. The van der Waals surface area contributed by atoms with Gasteiger partial charge in [0.25, 0.3) is 0 Å². The molecule has 1 unspecified atom stereocenters. The largest absolute Gasteiger partial charge is 0.504 e. The quantitative estimate of drug-likeness (QED) is 0.238. The molecule has 1 rings (SSSR count). The minimum Gasteiger partial charge on any atom is -0.504 e. The van der Waals surface area contributed by atoms with Crippen molar-refractivity contribution < 1.29 is 14.9 Å². The molecule has 1 atom stereocenters. The molecule has 0 fully saturated rings. The number of aromatic hydroxyl groups is 2. The minimum absolute atomic E-state index is 0.111. The van der Waals surface area contributed by atoms with Gasteiger partial charge in [0.05, 0.1) is 6.10 Å². The Morgan fingerprint density at radius 3 is 1.77 bits per heavy atom. The molecule has 0 aliphatic rings. The summed E-state index contributed by atoms with van der Waals surface area (Å²) < 4.78 is 6.07. The van der Waals surface area contributed by atoms with Gasteiger partial charge in [-0.15, -0.1) is 0 Å². The van der Waals surface area contributed by atoms with E-state index in [1.54, 1.807) is 12.1 Å². The zero-order chi connectivity index (χ0) is 19.0. The average molecular weight is 365 g/mol. The molecule has 0 radical (unpaired) electrons. The Kier molecular flexibility index (Phi) is 12.9. The van der Waals surface area contributed by atoms with Gasteiger partial charge in [0.2, 0.25) is 5.75 Å². The van der Waals surface area contributed by atoms with Crippen molar-refractivity contribution in [1.82, 2.24) is 0 Å². The van der Waals surface area contributed by atoms with Gasteiger partial charge in [0.15, 0.2) is 11.5 Å². The van der Waals surface area contributed by atoms with Crippen molar-refractivity contribution in [3.8, 4) is 17.2 Å². The maximum Gasteiger partial charge on any atom is 0.200 e. The lowest BCUT2D eigenvalue weighted by molar-refractivity contribution is 0.165. The van der Waals surface area contributed by atoms with Gasteiger partial charge in [-0.25, -0.2) is 0 Å². The fourth-order valence-electron chi connectivity index (χ4n) is 3.35. The molecule has 0 saturated heterocycles. The number of hydrogen-bond donors (Lipinski definition) is 2. The van der Waals surface area contributed by atoms with Crippen LogP contribution in [0.1, 0.15) is 104 Å². The van der Waals surface area contributed by atoms with E-state index in [-0.39, 0.29) is 17.6 Å². The Morgan fingerprint density at radius 2 is 1.23 bits per heavy atom. The van der Waals surface area contributed by atoms with Crippen LogP contribution in [0, 0.1) is 0 Å². The first-order valence-corrected chi connectivity index (χ1v) is 10.9. The zero-order valence-electron chi connectivity index (χ0n) is 17.0. The summed E-state index contributed by atoms with van der Waals surface area (Å²) in [5.74, 6) is 0.162. The molecular weight excluding hydrogens is 324 g/mol. The summed E-state index contributed by atoms with van der Waals surface area (Å²) in [5, 5.41) is 19.7. The van der Waals surface area contributed by atoms with Gasteiger partial charge >= 0.3 is 0 Å². The van der Waals surface area contributed by atoms with Gasteiger partial charge in [0.1, 0.15) is 0 Å². The molecule has 3 heteroatoms. The van der Waals surface area contributed by atoms with Crippen LogP contribution in [-0.4, -0.2) is 16.3 Å². The van der Waals surface area contributed by atoms with Crippen molar-refractivity contribution >= 4 is 0 Å². The standard InChI is InChI=1S/C23H40O3/c1-3-5-7-9-10-12-14-17-20(16-13-11-8-6-4-2)26-22-19-15-18-21(24)23(22)25/h15,18-20,24-25H,3-14,16-17H2,1-2H3. The maximum absolute atomic E-state index is 10.0. The second kappa shape index (κ2) is 14.8. The van der Waals surface area contributed by atoms with Gasteiger partial charge in [-0.1, -0.05) is 84.1 Å². The SMILES string of the molecule is CCCCCCCCCC(CCCCCCC)Oc1cccc(O)c1O. The van der Waals surface area contributed by atoms with E-state index in [2.05, 4.69) is 13.8 Å². The number of rotatable bonds is 16. The van der Waals surface area contributed by atoms with Crippen molar-refractivity contribution in [3.63, 3.8) is 0 Å². The zero-order valence-corrected chi connectivity index (χ0v) is 17.0. The maximum atomic E-state index is 10.0. The summed E-state index contributed by atoms with van der Waals surface area (Å²) in [4.78, 5) is 0. The molecule has 0 heterocycles. The lowest BCUT2D eigenvalue weighted by Crippen LogP contribution is -2.16. The van der Waals surface area contributed by atoms with Crippen molar-refractivity contribution in [1.29, 1.82) is 0 Å². The molecule has 0 aromatic heterocycles. The van der Waals surface area contributed by atoms with E-state index < -0.39 is 0 Å². The predicted molar refractivity (Wildman–Crippen MR) is 110 cm³/mol. The highest BCUT2D eigenvalue weighted by molar-refractivity contribution is 5.48. The van der Waals surface area contributed by atoms with Crippen LogP contribution in [-0.2, 0) is 0 Å². The summed E-state index contributed by atoms with van der Waals surface area (Å²) >= 11 is 0. The minimum atomic E-state index is -0.136. The Morgan fingerprint density at radius 1 is 0.731 bits per heavy atom. The fraction of sp³-hybridized carbons (Fsp3) is 0.739. The van der Waals surface area contributed by atoms with E-state index in [0.717, 1.165) is 12.8 Å². The van der Waals surface area contributed by atoms with Crippen LogP contribution >= 0.6 is 0 Å². The monoisotopic (exact) mass is 364 g/mol. The second-order valence-corrected chi connectivity index (χ2v) is 7.48. The van der Waals surface area contributed by atoms with Crippen LogP contribution < -0.4 is 4.74 Å². The van der Waals surface area contributed by atoms with Crippen LogP contribution in [0.2, 0.25) is 0 Å². The molecule has 0 aliphatic carbocycles. The predicted octanol–water partition coefficient (Wildman–Crippen LogP) is 7.35. The lowest BCUT2D eigenvalue weighted by atomic mass is 10.0. The van der Waals surface area contributed by atoms with Crippen molar-refractivity contribution in [2.24, 2.45) is 0 Å². The number of para-hydroxylation sites is 1. The fourth-order valence-corrected chi connectivity index (χ4v) is 3.35. The van der Waals surface area contributed by atoms with E-state index in [9.17, 15) is 10.2 Å². The van der Waals surface area contributed by atoms with Crippen molar-refractivity contribution in [3.05, 3.63) is 18.2 Å². The van der Waals surface area contributed by atoms with E-state index in [4.69, 9.17) is 4.74 Å². The molecule has 0 aliphatic heterocycles. The van der Waals surface area contributed by atoms with Gasteiger partial charge in [-0.05, 0) is 37.8 Å². The Labute approximate surface area is 160 Å². The van der Waals surface area contributed by atoms with Crippen molar-refractivity contribution in [2.45, 2.75) is 110 Å². The third-order valence-electron chi connectivity index (χ3n) is 5.03. The Bertz CT molecular complexity index is 459. The van der Waals surface area contributed by atoms with Gasteiger partial charge in [-0.3, -0.25) is 0 Å². The summed E-state index contributed by atoms with van der Waals surface area (Å²) in [6, 6.07) is 4.94. The number of benzene rings is 1. The van der Waals surface area contributed by atoms with E-state index in [1.165, 1.54) is 83.1 Å². The average Bonchev–Trinajstić information content (AvgIpc) is 2.64. The second-order valence-electron chi connectivity index (χ2n) is 7.48. The summed E-state index contributed by atoms with van der Waals surface area (Å²) in [6.07, 6.45) is 17.5. The van der Waals surface area contributed by atoms with Crippen LogP contribution in [0.3, 0.4) is 0 Å². The molecule has 0 amide bonds. The third-order valence-corrected chi connectivity index (χ3v) is 5.03. The number of hydrogen-bond acceptors (Lipinski definition) is 3. The molecule has 26 heavy (non-hydrogen) atoms. The van der Waals surface area contributed by atoms with Gasteiger partial charge < -0.3 is 14.9 Å². The first-order chi connectivity index (χ1) is 12.7. The highest BCUT2D eigenvalue weighted by atomic mass is 16.5.